The predicted octanol–water partition coefficient (Wildman–Crippen LogP) is 0.254. The van der Waals surface area contributed by atoms with Gasteiger partial charge in [0.2, 0.25) is 0 Å². The molecule has 2 rings (SSSR count). The van der Waals surface area contributed by atoms with E-state index in [1.807, 2.05) is 17.8 Å². The summed E-state index contributed by atoms with van der Waals surface area (Å²) < 4.78 is 3.81. The molecule has 0 atom stereocenters. The second-order valence-corrected chi connectivity index (χ2v) is 2.86. The van der Waals surface area contributed by atoms with E-state index in [0.29, 0.717) is 0 Å². The maximum Gasteiger partial charge on any atom is 0.137 e. The molecule has 0 unspecified atom stereocenters. The van der Waals surface area contributed by atoms with Crippen molar-refractivity contribution in [2.24, 2.45) is 7.05 Å². The van der Waals surface area contributed by atoms with Crippen LogP contribution >= 0.6 is 0 Å². The van der Waals surface area contributed by atoms with Gasteiger partial charge in [0.1, 0.15) is 18.5 Å². The van der Waals surface area contributed by atoms with E-state index in [2.05, 4.69) is 15.1 Å². The van der Waals surface area contributed by atoms with Crippen molar-refractivity contribution in [3.05, 3.63) is 30.9 Å². The van der Waals surface area contributed by atoms with Crippen LogP contribution in [0.3, 0.4) is 0 Å². The Balaban J connectivity index is 1.97. The summed E-state index contributed by atoms with van der Waals surface area (Å²) in [5.41, 5.74) is 0. The molecule has 2 heterocycles. The zero-order valence-electron chi connectivity index (χ0n) is 7.46. The first kappa shape index (κ1) is 7.97. The van der Waals surface area contributed by atoms with Crippen LogP contribution in [0.4, 0.5) is 0 Å². The Morgan fingerprint density at radius 1 is 1.46 bits per heavy atom. The smallest absolute Gasteiger partial charge is 0.137 e. The first-order valence-electron chi connectivity index (χ1n) is 4.15. The molecule has 0 N–H and O–H groups in total. The monoisotopic (exact) mass is 177 g/mol. The van der Waals surface area contributed by atoms with Crippen LogP contribution in [-0.2, 0) is 20.0 Å². The largest absolute Gasteiger partial charge is 0.338 e. The molecule has 0 saturated carbocycles. The lowest BCUT2D eigenvalue weighted by molar-refractivity contribution is 0.588. The van der Waals surface area contributed by atoms with E-state index in [9.17, 15) is 0 Å². The molecular formula is C8H11N5. The fourth-order valence-corrected chi connectivity index (χ4v) is 1.20. The number of nitrogens with zero attached hydrogens (tertiary/aromatic N) is 5. The molecule has 5 nitrogen and oxygen atoms in total. The van der Waals surface area contributed by atoms with Gasteiger partial charge < -0.3 is 4.57 Å². The van der Waals surface area contributed by atoms with Crippen LogP contribution in [0.15, 0.2) is 25.0 Å². The molecule has 0 aliphatic carbocycles. The molecule has 2 aromatic rings. The average molecular weight is 177 g/mol. The van der Waals surface area contributed by atoms with Gasteiger partial charge in [0.05, 0.1) is 0 Å². The van der Waals surface area contributed by atoms with Crippen LogP contribution in [0, 0.1) is 0 Å². The highest BCUT2D eigenvalue weighted by Crippen LogP contribution is 1.96. The Hall–Kier alpha value is -1.65. The van der Waals surface area contributed by atoms with Gasteiger partial charge in [-0.2, -0.15) is 5.10 Å². The minimum absolute atomic E-state index is 0.824. The van der Waals surface area contributed by atoms with Crippen LogP contribution in [0.25, 0.3) is 0 Å². The molecule has 68 valence electrons. The molecule has 2 aromatic heterocycles. The maximum atomic E-state index is 4.22. The summed E-state index contributed by atoms with van der Waals surface area (Å²) in [7, 11) is 1.99. The van der Waals surface area contributed by atoms with Crippen LogP contribution in [0.1, 0.15) is 5.82 Å². The Bertz CT molecular complexity index is 362. The summed E-state index contributed by atoms with van der Waals surface area (Å²) >= 11 is 0. The van der Waals surface area contributed by atoms with Gasteiger partial charge in [0.25, 0.3) is 0 Å². The molecule has 0 saturated heterocycles. The van der Waals surface area contributed by atoms with Crippen molar-refractivity contribution in [3.63, 3.8) is 0 Å². The molecule has 0 bridgehead atoms. The third kappa shape index (κ3) is 1.74. The fourth-order valence-electron chi connectivity index (χ4n) is 1.20. The van der Waals surface area contributed by atoms with Gasteiger partial charge in [-0.15, -0.1) is 0 Å². The number of imidazole rings is 1. The number of hydrogen-bond acceptors (Lipinski definition) is 3. The zero-order chi connectivity index (χ0) is 9.10. The van der Waals surface area contributed by atoms with Gasteiger partial charge in [0.15, 0.2) is 0 Å². The van der Waals surface area contributed by atoms with Crippen molar-refractivity contribution in [2.75, 3.05) is 0 Å². The molecule has 0 aliphatic heterocycles. The van der Waals surface area contributed by atoms with Gasteiger partial charge in [-0.1, -0.05) is 0 Å². The van der Waals surface area contributed by atoms with Crippen molar-refractivity contribution in [1.82, 2.24) is 24.3 Å². The van der Waals surface area contributed by atoms with Crippen LogP contribution in [0.5, 0.6) is 0 Å². The normalized spacial score (nSPS) is 10.5. The van der Waals surface area contributed by atoms with E-state index in [1.165, 1.54) is 0 Å². The molecule has 13 heavy (non-hydrogen) atoms. The standard InChI is InChI=1S/C8H11N5/c1-12-5-3-10-8(12)2-4-13-7-9-6-11-13/h3,5-7H,2,4H2,1H3. The minimum atomic E-state index is 0.824. The second-order valence-electron chi connectivity index (χ2n) is 2.86. The van der Waals surface area contributed by atoms with Crippen LogP contribution in [0.2, 0.25) is 0 Å². The third-order valence-electron chi connectivity index (χ3n) is 1.95. The lowest BCUT2D eigenvalue weighted by Gasteiger charge is -2.00. The predicted molar refractivity (Wildman–Crippen MR) is 46.9 cm³/mol. The Kier molecular flexibility index (Phi) is 2.08. The minimum Gasteiger partial charge on any atom is -0.338 e. The topological polar surface area (TPSA) is 48.5 Å². The molecular weight excluding hydrogens is 166 g/mol. The van der Waals surface area contributed by atoms with Crippen molar-refractivity contribution >= 4 is 0 Å². The number of rotatable bonds is 3. The highest BCUT2D eigenvalue weighted by molar-refractivity contribution is 4.90. The van der Waals surface area contributed by atoms with Gasteiger partial charge in [-0.25, -0.2) is 9.97 Å². The molecule has 5 heteroatoms. The Morgan fingerprint density at radius 2 is 2.38 bits per heavy atom. The van der Waals surface area contributed by atoms with Crippen molar-refractivity contribution in [3.8, 4) is 0 Å². The number of hydrogen-bond donors (Lipinski definition) is 0. The summed E-state index contributed by atoms with van der Waals surface area (Å²) in [6.45, 7) is 0.824. The van der Waals surface area contributed by atoms with Gasteiger partial charge in [-0.3, -0.25) is 4.68 Å². The first-order valence-corrected chi connectivity index (χ1v) is 4.15. The molecule has 0 radical (unpaired) electrons. The fraction of sp³-hybridized carbons (Fsp3) is 0.375. The van der Waals surface area contributed by atoms with Crippen LogP contribution < -0.4 is 0 Å². The van der Waals surface area contributed by atoms with Crippen molar-refractivity contribution in [1.29, 1.82) is 0 Å². The second kappa shape index (κ2) is 3.38. The molecule has 0 fully saturated rings. The van der Waals surface area contributed by atoms with Crippen molar-refractivity contribution < 1.29 is 0 Å². The quantitative estimate of drug-likeness (QED) is 0.675. The highest BCUT2D eigenvalue weighted by Gasteiger charge is 1.99. The summed E-state index contributed by atoms with van der Waals surface area (Å²) in [5, 5.41) is 4.01. The lowest BCUT2D eigenvalue weighted by atomic mass is 10.4. The van der Waals surface area contributed by atoms with E-state index in [0.717, 1.165) is 18.8 Å². The SMILES string of the molecule is Cn1ccnc1CCn1cncn1. The van der Waals surface area contributed by atoms with E-state index in [4.69, 9.17) is 0 Å². The van der Waals surface area contributed by atoms with Crippen LogP contribution in [-0.4, -0.2) is 24.3 Å². The molecule has 0 aromatic carbocycles. The number of aromatic nitrogens is 5. The molecule has 0 amide bonds. The van der Waals surface area contributed by atoms with E-state index in [-0.39, 0.29) is 0 Å². The summed E-state index contributed by atoms with van der Waals surface area (Å²) in [5.74, 6) is 1.07. The Morgan fingerprint density at radius 3 is 3.00 bits per heavy atom. The maximum absolute atomic E-state index is 4.22. The summed E-state index contributed by atoms with van der Waals surface area (Å²) in [6.07, 6.45) is 7.88. The third-order valence-corrected chi connectivity index (χ3v) is 1.95. The Labute approximate surface area is 76.0 Å². The summed E-state index contributed by atoms with van der Waals surface area (Å²) in [6, 6.07) is 0. The van der Waals surface area contributed by atoms with Gasteiger partial charge >= 0.3 is 0 Å². The van der Waals surface area contributed by atoms with Gasteiger partial charge in [-0.05, 0) is 0 Å². The number of aryl methyl sites for hydroxylation is 3. The van der Waals surface area contributed by atoms with Crippen molar-refractivity contribution in [2.45, 2.75) is 13.0 Å². The molecule has 0 spiro atoms. The lowest BCUT2D eigenvalue weighted by Crippen LogP contribution is -2.05. The first-order chi connectivity index (χ1) is 6.36. The zero-order valence-corrected chi connectivity index (χ0v) is 7.46. The van der Waals surface area contributed by atoms with Gasteiger partial charge in [0, 0.05) is 32.4 Å². The van der Waals surface area contributed by atoms with E-state index >= 15 is 0 Å². The average Bonchev–Trinajstić information content (AvgIpc) is 2.72. The summed E-state index contributed by atoms with van der Waals surface area (Å²) in [4.78, 5) is 8.09. The highest BCUT2D eigenvalue weighted by atomic mass is 15.3. The van der Waals surface area contributed by atoms with E-state index < -0.39 is 0 Å². The molecule has 0 aliphatic rings. The van der Waals surface area contributed by atoms with E-state index in [1.54, 1.807) is 23.5 Å².